The predicted molar refractivity (Wildman–Crippen MR) is 82.6 cm³/mol. The molecular weight excluding hydrogens is 248 g/mol. The zero-order chi connectivity index (χ0) is 14.4. The van der Waals surface area contributed by atoms with Gasteiger partial charge in [-0.1, -0.05) is 39.0 Å². The predicted octanol–water partition coefficient (Wildman–Crippen LogP) is 4.94. The Labute approximate surface area is 122 Å². The van der Waals surface area contributed by atoms with Crippen LogP contribution < -0.4 is 4.74 Å². The molecule has 2 heteroatoms. The summed E-state index contributed by atoms with van der Waals surface area (Å²) < 4.78 is 5.96. The van der Waals surface area contributed by atoms with E-state index in [4.69, 9.17) is 4.74 Å². The highest BCUT2D eigenvalue weighted by Gasteiger charge is 2.22. The second-order valence-electron chi connectivity index (χ2n) is 5.88. The number of ketones is 1. The van der Waals surface area contributed by atoms with Gasteiger partial charge >= 0.3 is 0 Å². The molecule has 0 bridgehead atoms. The molecule has 0 saturated carbocycles. The summed E-state index contributed by atoms with van der Waals surface area (Å²) in [7, 11) is 0. The lowest BCUT2D eigenvalue weighted by Gasteiger charge is -2.10. The van der Waals surface area contributed by atoms with Crippen molar-refractivity contribution in [1.82, 2.24) is 0 Å². The molecule has 1 atom stereocenters. The topological polar surface area (TPSA) is 26.3 Å². The highest BCUT2D eigenvalue weighted by atomic mass is 16.5. The maximum Gasteiger partial charge on any atom is 0.159 e. The third kappa shape index (κ3) is 4.09. The van der Waals surface area contributed by atoms with Crippen LogP contribution in [0.5, 0.6) is 5.75 Å². The van der Waals surface area contributed by atoms with Crippen LogP contribution in [0.25, 0.3) is 0 Å². The second-order valence-corrected chi connectivity index (χ2v) is 5.88. The number of carbonyl (C=O) groups is 1. The van der Waals surface area contributed by atoms with Crippen molar-refractivity contribution in [3.05, 3.63) is 29.3 Å². The number of hydrogen-bond acceptors (Lipinski definition) is 2. The second kappa shape index (κ2) is 7.47. The van der Waals surface area contributed by atoms with Crippen molar-refractivity contribution in [2.24, 2.45) is 0 Å². The maximum atomic E-state index is 11.4. The quantitative estimate of drug-likeness (QED) is 0.495. The number of ether oxygens (including phenoxy) is 1. The highest BCUT2D eigenvalue weighted by Crippen LogP contribution is 2.31. The van der Waals surface area contributed by atoms with Crippen molar-refractivity contribution in [3.63, 3.8) is 0 Å². The Kier molecular flexibility index (Phi) is 5.63. The van der Waals surface area contributed by atoms with Crippen molar-refractivity contribution in [1.29, 1.82) is 0 Å². The lowest BCUT2D eigenvalue weighted by atomic mass is 10.0. The molecule has 0 radical (unpaired) electrons. The van der Waals surface area contributed by atoms with E-state index in [1.165, 1.54) is 44.1 Å². The SMILES string of the molecule is CCCCCCCCC1Cc2cc(C(C)=O)ccc2O1. The van der Waals surface area contributed by atoms with Crippen LogP contribution >= 0.6 is 0 Å². The van der Waals surface area contributed by atoms with Gasteiger partial charge in [0.1, 0.15) is 11.9 Å². The zero-order valence-corrected chi connectivity index (χ0v) is 12.8. The normalized spacial score (nSPS) is 16.8. The molecule has 1 aliphatic rings. The molecule has 0 amide bonds. The van der Waals surface area contributed by atoms with Crippen molar-refractivity contribution >= 4 is 5.78 Å². The summed E-state index contributed by atoms with van der Waals surface area (Å²) >= 11 is 0. The number of benzene rings is 1. The first-order valence-corrected chi connectivity index (χ1v) is 8.01. The minimum atomic E-state index is 0.132. The van der Waals surface area contributed by atoms with Gasteiger partial charge in [-0.3, -0.25) is 4.79 Å². The van der Waals surface area contributed by atoms with Gasteiger partial charge in [-0.25, -0.2) is 0 Å². The van der Waals surface area contributed by atoms with Crippen molar-refractivity contribution in [3.8, 4) is 5.75 Å². The van der Waals surface area contributed by atoms with Crippen LogP contribution in [0.3, 0.4) is 0 Å². The molecule has 1 unspecified atom stereocenters. The summed E-state index contributed by atoms with van der Waals surface area (Å²) in [4.78, 5) is 11.4. The summed E-state index contributed by atoms with van der Waals surface area (Å²) in [6.07, 6.45) is 10.4. The van der Waals surface area contributed by atoms with Crippen LogP contribution in [0.15, 0.2) is 18.2 Å². The summed E-state index contributed by atoms with van der Waals surface area (Å²) in [5, 5.41) is 0. The first kappa shape index (κ1) is 15.1. The molecule has 0 aliphatic carbocycles. The Morgan fingerprint density at radius 2 is 1.95 bits per heavy atom. The summed E-state index contributed by atoms with van der Waals surface area (Å²) in [5.74, 6) is 1.11. The minimum Gasteiger partial charge on any atom is -0.490 e. The molecule has 1 aromatic carbocycles. The molecular formula is C18H26O2. The average Bonchev–Trinajstić information content (AvgIpc) is 2.84. The van der Waals surface area contributed by atoms with Crippen LogP contribution in [-0.4, -0.2) is 11.9 Å². The van der Waals surface area contributed by atoms with Gasteiger partial charge in [-0.15, -0.1) is 0 Å². The molecule has 1 heterocycles. The van der Waals surface area contributed by atoms with Gasteiger partial charge in [0.25, 0.3) is 0 Å². The molecule has 2 rings (SSSR count). The smallest absolute Gasteiger partial charge is 0.159 e. The fourth-order valence-electron chi connectivity index (χ4n) is 2.85. The van der Waals surface area contributed by atoms with E-state index in [-0.39, 0.29) is 5.78 Å². The molecule has 2 nitrogen and oxygen atoms in total. The standard InChI is InChI=1S/C18H26O2/c1-3-4-5-6-7-8-9-17-13-16-12-15(14(2)19)10-11-18(16)20-17/h10-12,17H,3-9,13H2,1-2H3. The third-order valence-corrected chi connectivity index (χ3v) is 4.09. The first-order chi connectivity index (χ1) is 9.70. The third-order valence-electron chi connectivity index (χ3n) is 4.09. The number of Topliss-reactive ketones (excluding diaryl/α,β-unsaturated/α-hetero) is 1. The van der Waals surface area contributed by atoms with E-state index in [0.29, 0.717) is 6.10 Å². The van der Waals surface area contributed by atoms with Crippen molar-refractivity contribution < 1.29 is 9.53 Å². The summed E-state index contributed by atoms with van der Waals surface area (Å²) in [6, 6.07) is 5.82. The van der Waals surface area contributed by atoms with E-state index in [9.17, 15) is 4.79 Å². The van der Waals surface area contributed by atoms with Crippen LogP contribution in [0.4, 0.5) is 0 Å². The van der Waals surface area contributed by atoms with Gasteiger partial charge in [-0.05, 0) is 43.5 Å². The van der Waals surface area contributed by atoms with Crippen LogP contribution in [-0.2, 0) is 6.42 Å². The molecule has 0 aromatic heterocycles. The molecule has 110 valence electrons. The molecule has 0 saturated heterocycles. The number of carbonyl (C=O) groups excluding carboxylic acids is 1. The Hall–Kier alpha value is -1.31. The van der Waals surface area contributed by atoms with Gasteiger partial charge in [0.15, 0.2) is 5.78 Å². The zero-order valence-electron chi connectivity index (χ0n) is 12.8. The molecule has 0 N–H and O–H groups in total. The van der Waals surface area contributed by atoms with E-state index in [1.54, 1.807) is 6.92 Å². The Bertz CT molecular complexity index is 451. The Morgan fingerprint density at radius 1 is 1.20 bits per heavy atom. The summed E-state index contributed by atoms with van der Waals surface area (Å²) in [6.45, 7) is 3.87. The van der Waals surface area contributed by atoms with E-state index < -0.39 is 0 Å². The average molecular weight is 274 g/mol. The van der Waals surface area contributed by atoms with Crippen LogP contribution in [0.2, 0.25) is 0 Å². The highest BCUT2D eigenvalue weighted by molar-refractivity contribution is 5.94. The number of rotatable bonds is 8. The summed E-state index contributed by atoms with van der Waals surface area (Å²) in [5.41, 5.74) is 2.00. The van der Waals surface area contributed by atoms with Gasteiger partial charge in [-0.2, -0.15) is 0 Å². The lowest BCUT2D eigenvalue weighted by Crippen LogP contribution is -2.12. The molecule has 20 heavy (non-hydrogen) atoms. The fraction of sp³-hybridized carbons (Fsp3) is 0.611. The molecule has 0 spiro atoms. The van der Waals surface area contributed by atoms with Gasteiger partial charge < -0.3 is 4.74 Å². The molecule has 0 fully saturated rings. The fourth-order valence-corrected chi connectivity index (χ4v) is 2.85. The van der Waals surface area contributed by atoms with E-state index >= 15 is 0 Å². The van der Waals surface area contributed by atoms with E-state index in [1.807, 2.05) is 18.2 Å². The van der Waals surface area contributed by atoms with Crippen LogP contribution in [0, 0.1) is 0 Å². The largest absolute Gasteiger partial charge is 0.490 e. The number of hydrogen-bond donors (Lipinski definition) is 0. The minimum absolute atomic E-state index is 0.132. The van der Waals surface area contributed by atoms with E-state index in [2.05, 4.69) is 6.92 Å². The molecule has 1 aliphatic heterocycles. The number of fused-ring (bicyclic) bond motifs is 1. The Morgan fingerprint density at radius 3 is 2.70 bits per heavy atom. The Balaban J connectivity index is 1.74. The van der Waals surface area contributed by atoms with Crippen molar-refractivity contribution in [2.75, 3.05) is 0 Å². The van der Waals surface area contributed by atoms with E-state index in [0.717, 1.165) is 24.2 Å². The van der Waals surface area contributed by atoms with Gasteiger partial charge in [0.05, 0.1) is 0 Å². The lowest BCUT2D eigenvalue weighted by molar-refractivity contribution is 0.101. The van der Waals surface area contributed by atoms with Gasteiger partial charge in [0, 0.05) is 12.0 Å². The maximum absolute atomic E-state index is 11.4. The van der Waals surface area contributed by atoms with Gasteiger partial charge in [0.2, 0.25) is 0 Å². The molecule has 1 aromatic rings. The monoisotopic (exact) mass is 274 g/mol. The first-order valence-electron chi connectivity index (χ1n) is 8.01. The van der Waals surface area contributed by atoms with Crippen LogP contribution in [0.1, 0.15) is 74.7 Å². The number of unbranched alkanes of at least 4 members (excludes halogenated alkanes) is 5. The van der Waals surface area contributed by atoms with Crippen molar-refractivity contribution in [2.45, 2.75) is 71.3 Å².